The van der Waals surface area contributed by atoms with Gasteiger partial charge in [-0.1, -0.05) is 6.07 Å². The van der Waals surface area contributed by atoms with E-state index in [-0.39, 0.29) is 16.7 Å². The first-order chi connectivity index (χ1) is 9.98. The number of alkyl halides is 1. The van der Waals surface area contributed by atoms with Crippen LogP contribution < -0.4 is 0 Å². The highest BCUT2D eigenvalue weighted by molar-refractivity contribution is 7.89. The predicted octanol–water partition coefficient (Wildman–Crippen LogP) is 2.61. The van der Waals surface area contributed by atoms with E-state index in [1.807, 2.05) is 0 Å². The molecule has 1 aromatic rings. The molecule has 0 aromatic heterocycles. The number of methoxy groups -OCH3 is 1. The highest BCUT2D eigenvalue weighted by Crippen LogP contribution is 2.27. The monoisotopic (exact) mass is 335 g/mol. The van der Waals surface area contributed by atoms with Crippen LogP contribution in [0.15, 0.2) is 23.1 Å². The lowest BCUT2D eigenvalue weighted by atomic mass is 10.0. The number of ether oxygens (including phenoxy) is 1. The van der Waals surface area contributed by atoms with Gasteiger partial charge < -0.3 is 4.74 Å². The van der Waals surface area contributed by atoms with Crippen molar-refractivity contribution in [1.29, 1.82) is 0 Å². The molecule has 1 aromatic carbocycles. The number of sulfonamides is 1. The molecule has 1 saturated heterocycles. The van der Waals surface area contributed by atoms with Gasteiger partial charge in [0.15, 0.2) is 0 Å². The van der Waals surface area contributed by atoms with Gasteiger partial charge in [-0.15, -0.1) is 11.6 Å². The molecule has 4 nitrogen and oxygen atoms in total. The minimum absolute atomic E-state index is 0.0319. The van der Waals surface area contributed by atoms with Crippen molar-refractivity contribution in [2.24, 2.45) is 5.92 Å². The van der Waals surface area contributed by atoms with Crippen molar-refractivity contribution >= 4 is 21.6 Å². The van der Waals surface area contributed by atoms with Crippen molar-refractivity contribution in [3.63, 3.8) is 0 Å². The van der Waals surface area contributed by atoms with E-state index in [0.717, 1.165) is 18.9 Å². The Morgan fingerprint density at radius 2 is 2.24 bits per heavy atom. The zero-order chi connectivity index (χ0) is 15.5. The summed E-state index contributed by atoms with van der Waals surface area (Å²) in [6.07, 6.45) is 1.71. The summed E-state index contributed by atoms with van der Waals surface area (Å²) < 4.78 is 45.4. The van der Waals surface area contributed by atoms with Crippen molar-refractivity contribution in [2.75, 3.05) is 26.8 Å². The summed E-state index contributed by atoms with van der Waals surface area (Å²) in [6, 6.07) is 3.69. The lowest BCUT2D eigenvalue weighted by Gasteiger charge is -2.32. The predicted molar refractivity (Wildman–Crippen MR) is 79.3 cm³/mol. The molecule has 1 fully saturated rings. The first-order valence-electron chi connectivity index (χ1n) is 6.82. The minimum Gasteiger partial charge on any atom is -0.384 e. The standard InChI is InChI=1S/C14H19ClFNO3S/c1-20-10-11-3-2-6-17(9-11)21(18,19)14-7-13(16)5-4-12(14)8-15/h4-5,7,11H,2-3,6,8-10H2,1H3. The van der Waals surface area contributed by atoms with Crippen molar-refractivity contribution in [1.82, 2.24) is 4.31 Å². The SMILES string of the molecule is COCC1CCCN(S(=O)(=O)c2cc(F)ccc2CCl)C1. The molecular formula is C14H19ClFNO3S. The van der Waals surface area contributed by atoms with E-state index in [9.17, 15) is 12.8 Å². The second-order valence-corrected chi connectivity index (χ2v) is 7.39. The maximum Gasteiger partial charge on any atom is 0.243 e. The molecule has 0 N–H and O–H groups in total. The molecule has 2 rings (SSSR count). The van der Waals surface area contributed by atoms with Gasteiger partial charge >= 0.3 is 0 Å². The summed E-state index contributed by atoms with van der Waals surface area (Å²) in [4.78, 5) is -0.0319. The topological polar surface area (TPSA) is 46.6 Å². The van der Waals surface area contributed by atoms with E-state index in [4.69, 9.17) is 16.3 Å². The van der Waals surface area contributed by atoms with Crippen LogP contribution in [0.4, 0.5) is 4.39 Å². The zero-order valence-corrected chi connectivity index (χ0v) is 13.5. The first kappa shape index (κ1) is 16.7. The Balaban J connectivity index is 2.31. The average Bonchev–Trinajstić information content (AvgIpc) is 2.48. The fourth-order valence-corrected chi connectivity index (χ4v) is 4.73. The summed E-state index contributed by atoms with van der Waals surface area (Å²) in [5.41, 5.74) is 0.423. The summed E-state index contributed by atoms with van der Waals surface area (Å²) >= 11 is 5.78. The van der Waals surface area contributed by atoms with Gasteiger partial charge in [-0.25, -0.2) is 12.8 Å². The van der Waals surface area contributed by atoms with Crippen molar-refractivity contribution < 1.29 is 17.5 Å². The van der Waals surface area contributed by atoms with E-state index in [1.165, 1.54) is 16.4 Å². The van der Waals surface area contributed by atoms with Crippen molar-refractivity contribution in [3.05, 3.63) is 29.6 Å². The molecular weight excluding hydrogens is 317 g/mol. The molecule has 1 unspecified atom stereocenters. The molecule has 0 amide bonds. The van der Waals surface area contributed by atoms with Crippen LogP contribution in [0.1, 0.15) is 18.4 Å². The first-order valence-corrected chi connectivity index (χ1v) is 8.80. The molecule has 0 spiro atoms. The Labute approximate surface area is 129 Å². The molecule has 1 aliphatic rings. The third kappa shape index (κ3) is 3.74. The minimum atomic E-state index is -3.73. The number of halogens is 2. The van der Waals surface area contributed by atoms with E-state index in [1.54, 1.807) is 7.11 Å². The van der Waals surface area contributed by atoms with Gasteiger partial charge in [0.2, 0.25) is 10.0 Å². The molecule has 118 valence electrons. The van der Waals surface area contributed by atoms with Crippen LogP contribution in [0.5, 0.6) is 0 Å². The summed E-state index contributed by atoms with van der Waals surface area (Å²) in [5.74, 6) is -0.371. The molecule has 7 heteroatoms. The molecule has 1 aliphatic heterocycles. The van der Waals surface area contributed by atoms with E-state index in [0.29, 0.717) is 25.3 Å². The van der Waals surface area contributed by atoms with Gasteiger partial charge in [-0.2, -0.15) is 4.31 Å². The number of piperidine rings is 1. The lowest BCUT2D eigenvalue weighted by molar-refractivity contribution is 0.118. The van der Waals surface area contributed by atoms with Crippen LogP contribution in [0.2, 0.25) is 0 Å². The number of rotatable bonds is 5. The quantitative estimate of drug-likeness (QED) is 0.777. The molecule has 0 radical (unpaired) electrons. The van der Waals surface area contributed by atoms with Gasteiger partial charge in [-0.3, -0.25) is 0 Å². The normalized spacial score (nSPS) is 20.6. The van der Waals surface area contributed by atoms with Gasteiger partial charge in [0.1, 0.15) is 5.82 Å². The highest BCUT2D eigenvalue weighted by Gasteiger charge is 2.31. The largest absolute Gasteiger partial charge is 0.384 e. The Morgan fingerprint density at radius 3 is 2.90 bits per heavy atom. The molecule has 0 aliphatic carbocycles. The maximum atomic E-state index is 13.4. The number of hydrogen-bond acceptors (Lipinski definition) is 3. The van der Waals surface area contributed by atoms with Gasteiger partial charge in [0.25, 0.3) is 0 Å². The summed E-state index contributed by atoms with van der Waals surface area (Å²) in [7, 11) is -2.12. The van der Waals surface area contributed by atoms with Crippen molar-refractivity contribution in [3.8, 4) is 0 Å². The van der Waals surface area contributed by atoms with Crippen LogP contribution in [-0.4, -0.2) is 39.5 Å². The second-order valence-electron chi connectivity index (χ2n) is 5.21. The molecule has 21 heavy (non-hydrogen) atoms. The third-order valence-electron chi connectivity index (χ3n) is 3.68. The average molecular weight is 336 g/mol. The zero-order valence-electron chi connectivity index (χ0n) is 11.9. The number of benzene rings is 1. The lowest BCUT2D eigenvalue weighted by Crippen LogP contribution is -2.41. The second kappa shape index (κ2) is 7.05. The fraction of sp³-hybridized carbons (Fsp3) is 0.571. The Morgan fingerprint density at radius 1 is 1.48 bits per heavy atom. The molecule has 0 bridgehead atoms. The van der Waals surface area contributed by atoms with Crippen LogP contribution in [-0.2, 0) is 20.6 Å². The van der Waals surface area contributed by atoms with E-state index in [2.05, 4.69) is 0 Å². The van der Waals surface area contributed by atoms with E-state index < -0.39 is 15.8 Å². The highest BCUT2D eigenvalue weighted by atomic mass is 35.5. The van der Waals surface area contributed by atoms with Gasteiger partial charge in [-0.05, 0) is 36.5 Å². The van der Waals surface area contributed by atoms with Crippen LogP contribution >= 0.6 is 11.6 Å². The van der Waals surface area contributed by atoms with Gasteiger partial charge in [0, 0.05) is 26.1 Å². The summed E-state index contributed by atoms with van der Waals surface area (Å²) in [5, 5.41) is 0. The molecule has 0 saturated carbocycles. The summed E-state index contributed by atoms with van der Waals surface area (Å²) in [6.45, 7) is 1.37. The van der Waals surface area contributed by atoms with Crippen LogP contribution in [0.3, 0.4) is 0 Å². The molecule has 1 heterocycles. The fourth-order valence-electron chi connectivity index (χ4n) is 2.63. The Hall–Kier alpha value is -0.690. The smallest absolute Gasteiger partial charge is 0.243 e. The van der Waals surface area contributed by atoms with Crippen molar-refractivity contribution in [2.45, 2.75) is 23.6 Å². The maximum absolute atomic E-state index is 13.4. The van der Waals surface area contributed by atoms with Crippen LogP contribution in [0.25, 0.3) is 0 Å². The number of hydrogen-bond donors (Lipinski definition) is 0. The Kier molecular flexibility index (Phi) is 5.60. The van der Waals surface area contributed by atoms with Gasteiger partial charge in [0.05, 0.1) is 11.5 Å². The van der Waals surface area contributed by atoms with E-state index >= 15 is 0 Å². The van der Waals surface area contributed by atoms with Crippen LogP contribution in [0, 0.1) is 11.7 Å². The molecule has 1 atom stereocenters. The number of nitrogens with zero attached hydrogens (tertiary/aromatic N) is 1. The Bertz CT molecular complexity index is 592. The third-order valence-corrected chi connectivity index (χ3v) is 5.91.